The van der Waals surface area contributed by atoms with Gasteiger partial charge in [0.25, 0.3) is 0 Å². The maximum absolute atomic E-state index is 6.42. The Hall–Kier alpha value is -0.610. The van der Waals surface area contributed by atoms with Gasteiger partial charge in [-0.05, 0) is 24.6 Å². The van der Waals surface area contributed by atoms with Crippen LogP contribution in [0.4, 0.5) is 0 Å². The molecule has 0 bridgehead atoms. The average molecular weight is 270 g/mol. The molecular formula is C14H20ClNO2. The molecule has 1 unspecified atom stereocenters. The first kappa shape index (κ1) is 13.8. The van der Waals surface area contributed by atoms with Crippen molar-refractivity contribution in [3.63, 3.8) is 0 Å². The van der Waals surface area contributed by atoms with E-state index >= 15 is 0 Å². The molecule has 0 saturated carbocycles. The quantitative estimate of drug-likeness (QED) is 0.914. The molecule has 2 rings (SSSR count). The van der Waals surface area contributed by atoms with Crippen LogP contribution >= 0.6 is 11.6 Å². The summed E-state index contributed by atoms with van der Waals surface area (Å²) in [6, 6.07) is 7.54. The lowest BCUT2D eigenvalue weighted by molar-refractivity contribution is -0.121. The van der Waals surface area contributed by atoms with Gasteiger partial charge in [0.1, 0.15) is 0 Å². The van der Waals surface area contributed by atoms with Gasteiger partial charge in [-0.1, -0.05) is 23.7 Å². The van der Waals surface area contributed by atoms with Gasteiger partial charge in [0.05, 0.1) is 11.6 Å². The number of benzene rings is 1. The van der Waals surface area contributed by atoms with Crippen LogP contribution in [0.3, 0.4) is 0 Å². The Morgan fingerprint density at radius 1 is 1.44 bits per heavy atom. The first-order chi connectivity index (χ1) is 8.68. The van der Waals surface area contributed by atoms with Gasteiger partial charge in [0.2, 0.25) is 0 Å². The molecule has 1 atom stereocenters. The maximum atomic E-state index is 6.42. The SMILES string of the molecule is CCOC1(C(N)c2cccc(Cl)c2)CCOCC1. The summed E-state index contributed by atoms with van der Waals surface area (Å²) in [5.74, 6) is 0. The van der Waals surface area contributed by atoms with Crippen LogP contribution in [0.25, 0.3) is 0 Å². The van der Waals surface area contributed by atoms with Crippen molar-refractivity contribution in [3.05, 3.63) is 34.9 Å². The summed E-state index contributed by atoms with van der Waals surface area (Å²) in [4.78, 5) is 0. The summed E-state index contributed by atoms with van der Waals surface area (Å²) in [5, 5.41) is 0.710. The Morgan fingerprint density at radius 2 is 2.17 bits per heavy atom. The molecule has 1 aliphatic rings. The smallest absolute Gasteiger partial charge is 0.0917 e. The first-order valence-electron chi connectivity index (χ1n) is 6.41. The van der Waals surface area contributed by atoms with E-state index in [1.165, 1.54) is 0 Å². The van der Waals surface area contributed by atoms with Crippen molar-refractivity contribution in [2.45, 2.75) is 31.4 Å². The summed E-state index contributed by atoms with van der Waals surface area (Å²) in [6.45, 7) is 4.07. The lowest BCUT2D eigenvalue weighted by Crippen LogP contribution is -2.48. The van der Waals surface area contributed by atoms with Crippen LogP contribution in [0.1, 0.15) is 31.4 Å². The first-order valence-corrected chi connectivity index (χ1v) is 6.78. The van der Waals surface area contributed by atoms with E-state index in [0.29, 0.717) is 24.8 Å². The molecule has 4 heteroatoms. The van der Waals surface area contributed by atoms with Crippen molar-refractivity contribution in [2.24, 2.45) is 5.73 Å². The number of hydrogen-bond acceptors (Lipinski definition) is 3. The van der Waals surface area contributed by atoms with Crippen LogP contribution in [0.15, 0.2) is 24.3 Å². The molecule has 0 aromatic heterocycles. The molecule has 1 saturated heterocycles. The minimum atomic E-state index is -0.322. The summed E-state index contributed by atoms with van der Waals surface area (Å²) in [6.07, 6.45) is 1.66. The summed E-state index contributed by atoms with van der Waals surface area (Å²) >= 11 is 6.03. The van der Waals surface area contributed by atoms with Crippen LogP contribution in [0, 0.1) is 0 Å². The lowest BCUT2D eigenvalue weighted by atomic mass is 9.82. The van der Waals surface area contributed by atoms with Crippen molar-refractivity contribution in [3.8, 4) is 0 Å². The summed E-state index contributed by atoms with van der Waals surface area (Å²) < 4.78 is 11.4. The zero-order valence-electron chi connectivity index (χ0n) is 10.7. The number of halogens is 1. The van der Waals surface area contributed by atoms with Crippen LogP contribution in [0.2, 0.25) is 5.02 Å². The molecule has 1 aromatic rings. The van der Waals surface area contributed by atoms with E-state index in [0.717, 1.165) is 18.4 Å². The average Bonchev–Trinajstić information content (AvgIpc) is 2.39. The highest BCUT2D eigenvalue weighted by atomic mass is 35.5. The molecule has 3 nitrogen and oxygen atoms in total. The van der Waals surface area contributed by atoms with Crippen LogP contribution in [0.5, 0.6) is 0 Å². The van der Waals surface area contributed by atoms with E-state index < -0.39 is 0 Å². The van der Waals surface area contributed by atoms with Gasteiger partial charge in [-0.25, -0.2) is 0 Å². The van der Waals surface area contributed by atoms with E-state index in [2.05, 4.69) is 0 Å². The number of ether oxygens (including phenoxy) is 2. The van der Waals surface area contributed by atoms with E-state index in [1.54, 1.807) is 0 Å². The molecule has 1 aromatic carbocycles. The van der Waals surface area contributed by atoms with Crippen LogP contribution in [-0.2, 0) is 9.47 Å². The highest BCUT2D eigenvalue weighted by Crippen LogP contribution is 2.36. The molecule has 1 heterocycles. The van der Waals surface area contributed by atoms with Gasteiger partial charge in [-0.15, -0.1) is 0 Å². The maximum Gasteiger partial charge on any atom is 0.0917 e. The van der Waals surface area contributed by atoms with E-state index in [1.807, 2.05) is 31.2 Å². The van der Waals surface area contributed by atoms with Crippen LogP contribution in [-0.4, -0.2) is 25.4 Å². The summed E-state index contributed by atoms with van der Waals surface area (Å²) in [7, 11) is 0. The Labute approximate surface area is 113 Å². The van der Waals surface area contributed by atoms with Gasteiger partial charge in [0, 0.05) is 37.7 Å². The minimum absolute atomic E-state index is 0.167. The second-order valence-electron chi connectivity index (χ2n) is 4.64. The zero-order chi connectivity index (χ0) is 13.0. The van der Waals surface area contributed by atoms with Crippen LogP contribution < -0.4 is 5.73 Å². The molecule has 1 aliphatic heterocycles. The monoisotopic (exact) mass is 269 g/mol. The van der Waals surface area contributed by atoms with Gasteiger partial charge >= 0.3 is 0 Å². The molecule has 0 radical (unpaired) electrons. The fourth-order valence-electron chi connectivity index (χ4n) is 2.55. The standard InChI is InChI=1S/C14H20ClNO2/c1-2-18-14(6-8-17-9-7-14)13(16)11-4-3-5-12(15)10-11/h3-5,10,13H,2,6-9,16H2,1H3. The lowest BCUT2D eigenvalue weighted by Gasteiger charge is -2.41. The van der Waals surface area contributed by atoms with E-state index in [4.69, 9.17) is 26.8 Å². The molecule has 1 fully saturated rings. The van der Waals surface area contributed by atoms with Gasteiger partial charge in [-0.3, -0.25) is 0 Å². The molecule has 18 heavy (non-hydrogen) atoms. The second kappa shape index (κ2) is 6.02. The topological polar surface area (TPSA) is 44.5 Å². The van der Waals surface area contributed by atoms with Gasteiger partial charge in [-0.2, -0.15) is 0 Å². The third-order valence-corrected chi connectivity index (χ3v) is 3.78. The van der Waals surface area contributed by atoms with E-state index in [9.17, 15) is 0 Å². The largest absolute Gasteiger partial charge is 0.381 e. The Bertz CT molecular complexity index is 386. The molecule has 0 spiro atoms. The molecule has 0 aliphatic carbocycles. The van der Waals surface area contributed by atoms with Gasteiger partial charge in [0.15, 0.2) is 0 Å². The molecule has 100 valence electrons. The fraction of sp³-hybridized carbons (Fsp3) is 0.571. The molecule has 2 N–H and O–H groups in total. The predicted octanol–water partition coefficient (Wildman–Crippen LogP) is 2.93. The number of hydrogen-bond donors (Lipinski definition) is 1. The van der Waals surface area contributed by atoms with E-state index in [-0.39, 0.29) is 11.6 Å². The molecule has 0 amide bonds. The predicted molar refractivity (Wildman–Crippen MR) is 72.8 cm³/mol. The van der Waals surface area contributed by atoms with Crippen molar-refractivity contribution in [1.29, 1.82) is 0 Å². The number of nitrogens with two attached hydrogens (primary N) is 1. The second-order valence-corrected chi connectivity index (χ2v) is 5.08. The zero-order valence-corrected chi connectivity index (χ0v) is 11.5. The highest BCUT2D eigenvalue weighted by Gasteiger charge is 2.40. The third-order valence-electron chi connectivity index (χ3n) is 3.55. The Kier molecular flexibility index (Phi) is 4.62. The highest BCUT2D eigenvalue weighted by molar-refractivity contribution is 6.30. The normalized spacial score (nSPS) is 20.6. The Balaban J connectivity index is 2.24. The minimum Gasteiger partial charge on any atom is -0.381 e. The Morgan fingerprint density at radius 3 is 2.78 bits per heavy atom. The number of rotatable bonds is 4. The van der Waals surface area contributed by atoms with Crippen molar-refractivity contribution >= 4 is 11.6 Å². The summed E-state index contributed by atoms with van der Waals surface area (Å²) in [5.41, 5.74) is 7.12. The fourth-order valence-corrected chi connectivity index (χ4v) is 2.75. The van der Waals surface area contributed by atoms with Crippen molar-refractivity contribution < 1.29 is 9.47 Å². The van der Waals surface area contributed by atoms with Gasteiger partial charge < -0.3 is 15.2 Å². The van der Waals surface area contributed by atoms with Crippen molar-refractivity contribution in [2.75, 3.05) is 19.8 Å². The van der Waals surface area contributed by atoms with Crippen molar-refractivity contribution in [1.82, 2.24) is 0 Å². The third kappa shape index (κ3) is 2.86. The molecular weight excluding hydrogens is 250 g/mol.